The Labute approximate surface area is 53.5 Å². The maximum atomic E-state index is 9.84. The van der Waals surface area contributed by atoms with Crippen LogP contribution in [0, 0.1) is 10.1 Å². The number of halogens is 1. The highest BCUT2D eigenvalue weighted by atomic mass is 35.5. The third kappa shape index (κ3) is 0.941. The number of tetrazole rings is 1. The third-order valence-corrected chi connectivity index (χ3v) is 0.800. The second-order valence-electron chi connectivity index (χ2n) is 1.10. The summed E-state index contributed by atoms with van der Waals surface area (Å²) in [7, 11) is 0. The standard InChI is InChI=1S/CClN5O2/c2-6-1(7(8)9)3-4-5-6. The van der Waals surface area contributed by atoms with Gasteiger partial charge in [-0.25, -0.2) is 0 Å². The number of rotatable bonds is 1. The summed E-state index contributed by atoms with van der Waals surface area (Å²) < 4.78 is 0.458. The lowest BCUT2D eigenvalue weighted by molar-refractivity contribution is -0.395. The lowest BCUT2D eigenvalue weighted by Gasteiger charge is -1.84. The average molecular weight is 149 g/mol. The molecule has 0 bridgehead atoms. The fourth-order valence-corrected chi connectivity index (χ4v) is 0.402. The summed E-state index contributed by atoms with van der Waals surface area (Å²) in [6, 6.07) is 0. The summed E-state index contributed by atoms with van der Waals surface area (Å²) in [6.45, 7) is 0. The minimum atomic E-state index is -0.785. The van der Waals surface area contributed by atoms with E-state index in [-0.39, 0.29) is 0 Å². The Morgan fingerprint density at radius 1 is 1.78 bits per heavy atom. The molecular weight excluding hydrogens is 149 g/mol. The van der Waals surface area contributed by atoms with E-state index in [0.717, 1.165) is 0 Å². The van der Waals surface area contributed by atoms with Crippen molar-refractivity contribution in [1.82, 2.24) is 19.7 Å². The molecule has 0 fully saturated rings. The van der Waals surface area contributed by atoms with Gasteiger partial charge in [0.2, 0.25) is 0 Å². The van der Waals surface area contributed by atoms with Crippen molar-refractivity contribution in [3.63, 3.8) is 0 Å². The molecule has 0 atom stereocenters. The Morgan fingerprint density at radius 3 is 2.67 bits per heavy atom. The van der Waals surface area contributed by atoms with Crippen LogP contribution >= 0.6 is 11.8 Å². The van der Waals surface area contributed by atoms with Gasteiger partial charge in [0.1, 0.15) is 11.8 Å². The molecule has 0 spiro atoms. The van der Waals surface area contributed by atoms with Crippen molar-refractivity contribution in [2.24, 2.45) is 0 Å². The van der Waals surface area contributed by atoms with Crippen LogP contribution in [0.5, 0.6) is 0 Å². The average Bonchev–Trinajstić information content (AvgIpc) is 2.13. The van der Waals surface area contributed by atoms with Gasteiger partial charge in [0.25, 0.3) is 0 Å². The van der Waals surface area contributed by atoms with Crippen molar-refractivity contribution in [2.75, 3.05) is 0 Å². The molecular formula is CClN5O2. The van der Waals surface area contributed by atoms with Crippen LogP contribution in [0.4, 0.5) is 5.95 Å². The molecule has 8 heteroatoms. The van der Waals surface area contributed by atoms with E-state index in [1.54, 1.807) is 0 Å². The molecule has 9 heavy (non-hydrogen) atoms. The van der Waals surface area contributed by atoms with E-state index in [4.69, 9.17) is 11.8 Å². The summed E-state index contributed by atoms with van der Waals surface area (Å²) in [5, 5.41) is 18.8. The second kappa shape index (κ2) is 1.94. The van der Waals surface area contributed by atoms with Gasteiger partial charge in [-0.05, 0) is 9.12 Å². The molecule has 48 valence electrons. The first kappa shape index (κ1) is 5.89. The fourth-order valence-electron chi connectivity index (χ4n) is 0.276. The predicted octanol–water partition coefficient (Wildman–Crippen LogP) is -0.417. The van der Waals surface area contributed by atoms with Gasteiger partial charge in [-0.1, -0.05) is 0 Å². The topological polar surface area (TPSA) is 86.7 Å². The van der Waals surface area contributed by atoms with Crippen LogP contribution in [0.2, 0.25) is 0 Å². The van der Waals surface area contributed by atoms with Gasteiger partial charge in [0.15, 0.2) is 0 Å². The molecule has 0 aliphatic carbocycles. The lowest BCUT2D eigenvalue weighted by atomic mass is 11.1. The van der Waals surface area contributed by atoms with Gasteiger partial charge >= 0.3 is 5.95 Å². The maximum absolute atomic E-state index is 9.84. The minimum Gasteiger partial charge on any atom is -0.390 e. The van der Waals surface area contributed by atoms with E-state index < -0.39 is 10.9 Å². The van der Waals surface area contributed by atoms with Crippen molar-refractivity contribution in [2.45, 2.75) is 0 Å². The minimum absolute atomic E-state index is 0.458. The van der Waals surface area contributed by atoms with Gasteiger partial charge in [0.05, 0.1) is 15.5 Å². The monoisotopic (exact) mass is 149 g/mol. The van der Waals surface area contributed by atoms with Crippen LogP contribution in [-0.4, -0.2) is 24.6 Å². The molecule has 0 unspecified atom stereocenters. The zero-order valence-corrected chi connectivity index (χ0v) is 4.69. The van der Waals surface area contributed by atoms with Crippen molar-refractivity contribution < 1.29 is 4.92 Å². The fraction of sp³-hybridized carbons (Fsp3) is 0. The van der Waals surface area contributed by atoms with Crippen LogP contribution in [0.25, 0.3) is 0 Å². The van der Waals surface area contributed by atoms with Crippen LogP contribution < -0.4 is 0 Å². The smallest absolute Gasteiger partial charge is 0.390 e. The highest BCUT2D eigenvalue weighted by molar-refractivity contribution is 6.15. The number of hydrogen-bond donors (Lipinski definition) is 0. The van der Waals surface area contributed by atoms with Crippen LogP contribution in [-0.2, 0) is 0 Å². The van der Waals surface area contributed by atoms with Gasteiger partial charge < -0.3 is 10.1 Å². The van der Waals surface area contributed by atoms with Gasteiger partial charge in [-0.15, -0.1) is 0 Å². The molecule has 0 saturated heterocycles. The second-order valence-corrected chi connectivity index (χ2v) is 1.42. The van der Waals surface area contributed by atoms with E-state index in [2.05, 4.69) is 15.5 Å². The molecule has 1 aromatic heterocycles. The summed E-state index contributed by atoms with van der Waals surface area (Å²) in [6.07, 6.45) is 0. The highest BCUT2D eigenvalue weighted by Gasteiger charge is 2.15. The molecule has 0 aliphatic rings. The van der Waals surface area contributed by atoms with Crippen molar-refractivity contribution >= 4 is 17.7 Å². The van der Waals surface area contributed by atoms with E-state index in [1.165, 1.54) is 0 Å². The molecule has 0 amide bonds. The summed E-state index contributed by atoms with van der Waals surface area (Å²) in [4.78, 5) is 9.06. The maximum Gasteiger partial charge on any atom is 0.497 e. The molecule has 0 aliphatic heterocycles. The van der Waals surface area contributed by atoms with Gasteiger partial charge in [-0.2, -0.15) is 0 Å². The largest absolute Gasteiger partial charge is 0.497 e. The Morgan fingerprint density at radius 2 is 2.44 bits per heavy atom. The van der Waals surface area contributed by atoms with Crippen molar-refractivity contribution in [3.8, 4) is 0 Å². The number of nitrogens with zero attached hydrogens (tertiary/aromatic N) is 5. The Balaban J connectivity index is 3.08. The normalized spacial score (nSPS) is 9.44. The molecule has 0 N–H and O–H groups in total. The molecule has 7 nitrogen and oxygen atoms in total. The zero-order valence-electron chi connectivity index (χ0n) is 3.93. The summed E-state index contributed by atoms with van der Waals surface area (Å²) >= 11 is 5.07. The Hall–Kier alpha value is -1.24. The zero-order chi connectivity index (χ0) is 6.85. The predicted molar refractivity (Wildman–Crippen MR) is 25.7 cm³/mol. The first-order valence-corrected chi connectivity index (χ1v) is 2.14. The van der Waals surface area contributed by atoms with Gasteiger partial charge in [0, 0.05) is 0 Å². The van der Waals surface area contributed by atoms with Crippen molar-refractivity contribution in [3.05, 3.63) is 10.1 Å². The molecule has 1 heterocycles. The summed E-state index contributed by atoms with van der Waals surface area (Å²) in [5.41, 5.74) is 0. The van der Waals surface area contributed by atoms with Crippen LogP contribution in [0.3, 0.4) is 0 Å². The lowest BCUT2D eigenvalue weighted by Crippen LogP contribution is -1.94. The van der Waals surface area contributed by atoms with E-state index in [0.29, 0.717) is 4.20 Å². The third-order valence-electron chi connectivity index (χ3n) is 0.581. The van der Waals surface area contributed by atoms with E-state index >= 15 is 0 Å². The summed E-state index contributed by atoms with van der Waals surface area (Å²) in [5.74, 6) is -0.586. The van der Waals surface area contributed by atoms with E-state index in [9.17, 15) is 10.1 Å². The van der Waals surface area contributed by atoms with E-state index in [1.807, 2.05) is 0 Å². The molecule has 1 rings (SSSR count). The number of hydrogen-bond acceptors (Lipinski definition) is 5. The molecule has 0 saturated carbocycles. The molecule has 1 aromatic rings. The number of nitro groups is 1. The van der Waals surface area contributed by atoms with Crippen molar-refractivity contribution in [1.29, 1.82) is 0 Å². The Bertz CT molecular complexity index is 231. The molecule has 0 aromatic carbocycles. The first-order chi connectivity index (χ1) is 4.22. The SMILES string of the molecule is O=[N+]([O-])c1nnnn1Cl. The van der Waals surface area contributed by atoms with Gasteiger partial charge in [-0.3, -0.25) is 0 Å². The first-order valence-electron chi connectivity index (χ1n) is 1.80. The quantitative estimate of drug-likeness (QED) is 0.400. The number of aromatic nitrogens is 4. The molecule has 0 radical (unpaired) electrons. The highest BCUT2D eigenvalue weighted by Crippen LogP contribution is 2.02. The van der Waals surface area contributed by atoms with Crippen LogP contribution in [0.15, 0.2) is 0 Å². The Kier molecular flexibility index (Phi) is 1.27. The van der Waals surface area contributed by atoms with Crippen LogP contribution in [0.1, 0.15) is 0 Å².